The van der Waals surface area contributed by atoms with E-state index in [0.717, 1.165) is 31.4 Å². The molecule has 20 heavy (non-hydrogen) atoms. The molecule has 1 atom stereocenters. The van der Waals surface area contributed by atoms with Crippen molar-refractivity contribution < 1.29 is 4.79 Å². The molecule has 110 valence electrons. The van der Waals surface area contributed by atoms with Crippen molar-refractivity contribution in [2.75, 3.05) is 12.0 Å². The molecule has 0 spiro atoms. The smallest absolute Gasteiger partial charge is 0.256 e. The number of nitrogens with zero attached hydrogens (tertiary/aromatic N) is 1. The van der Waals surface area contributed by atoms with Crippen molar-refractivity contribution in [2.24, 2.45) is 5.84 Å². The summed E-state index contributed by atoms with van der Waals surface area (Å²) in [4.78, 5) is 14.9. The number of aryl methyl sites for hydroxylation is 1. The van der Waals surface area contributed by atoms with Gasteiger partial charge in [0.05, 0.1) is 11.3 Å². The maximum Gasteiger partial charge on any atom is 0.256 e. The van der Waals surface area contributed by atoms with Crippen LogP contribution in [-0.2, 0) is 0 Å². The molecule has 1 aromatic carbocycles. The zero-order valence-electron chi connectivity index (χ0n) is 12.5. The van der Waals surface area contributed by atoms with E-state index in [2.05, 4.69) is 12.3 Å². The summed E-state index contributed by atoms with van der Waals surface area (Å²) in [6.45, 7) is 5.01. The molecule has 0 aliphatic carbocycles. The Hall–Kier alpha value is -1.55. The molecular formula is C16H25N3O. The number of hydrazine groups is 1. The Balaban J connectivity index is 2.28. The Morgan fingerprint density at radius 1 is 1.40 bits per heavy atom. The molecule has 1 saturated heterocycles. The summed E-state index contributed by atoms with van der Waals surface area (Å²) in [5.41, 5.74) is 5.15. The second-order valence-corrected chi connectivity index (χ2v) is 5.60. The van der Waals surface area contributed by atoms with E-state index in [0.29, 0.717) is 17.3 Å². The van der Waals surface area contributed by atoms with Crippen LogP contribution < -0.4 is 11.3 Å². The third kappa shape index (κ3) is 3.12. The topological polar surface area (TPSA) is 58.4 Å². The molecule has 0 radical (unpaired) electrons. The molecule has 2 rings (SSSR count). The highest BCUT2D eigenvalue weighted by molar-refractivity contribution is 5.99. The molecule has 4 heteroatoms. The summed E-state index contributed by atoms with van der Waals surface area (Å²) in [6, 6.07) is 6.13. The van der Waals surface area contributed by atoms with Gasteiger partial charge in [-0.05, 0) is 43.9 Å². The largest absolute Gasteiger partial charge is 0.336 e. The molecule has 0 saturated carbocycles. The van der Waals surface area contributed by atoms with Crippen LogP contribution >= 0.6 is 0 Å². The highest BCUT2D eigenvalue weighted by Crippen LogP contribution is 2.24. The Morgan fingerprint density at radius 2 is 2.20 bits per heavy atom. The zero-order chi connectivity index (χ0) is 14.5. The minimum absolute atomic E-state index is 0.103. The Morgan fingerprint density at radius 3 is 2.90 bits per heavy atom. The van der Waals surface area contributed by atoms with Crippen molar-refractivity contribution >= 4 is 11.6 Å². The number of benzene rings is 1. The number of rotatable bonds is 3. The van der Waals surface area contributed by atoms with Crippen molar-refractivity contribution in [2.45, 2.75) is 52.0 Å². The van der Waals surface area contributed by atoms with E-state index in [4.69, 9.17) is 5.84 Å². The van der Waals surface area contributed by atoms with Crippen LogP contribution in [0, 0.1) is 6.92 Å². The van der Waals surface area contributed by atoms with Gasteiger partial charge in [-0.1, -0.05) is 25.8 Å². The van der Waals surface area contributed by atoms with E-state index in [1.165, 1.54) is 12.8 Å². The standard InChI is InChI=1S/C16H25N3O/c1-3-13-7-5-4-6-10-19(13)16(20)14-9-8-12(2)11-15(14)18-17/h8-9,11,13,18H,3-7,10,17H2,1-2H3. The SMILES string of the molecule is CCC1CCCCCN1C(=O)c1ccc(C)cc1NN. The van der Waals surface area contributed by atoms with Crippen molar-refractivity contribution in [3.63, 3.8) is 0 Å². The van der Waals surface area contributed by atoms with Gasteiger partial charge in [0.2, 0.25) is 0 Å². The predicted octanol–water partition coefficient (Wildman–Crippen LogP) is 3.08. The lowest BCUT2D eigenvalue weighted by atomic mass is 10.0. The van der Waals surface area contributed by atoms with Gasteiger partial charge in [-0.15, -0.1) is 0 Å². The summed E-state index contributed by atoms with van der Waals surface area (Å²) in [6.07, 6.45) is 5.66. The monoisotopic (exact) mass is 275 g/mol. The van der Waals surface area contributed by atoms with Gasteiger partial charge < -0.3 is 10.3 Å². The molecule has 1 aromatic rings. The number of carbonyl (C=O) groups is 1. The summed E-state index contributed by atoms with van der Waals surface area (Å²) in [5, 5.41) is 0. The predicted molar refractivity (Wildman–Crippen MR) is 82.6 cm³/mol. The molecule has 3 N–H and O–H groups in total. The number of hydrogen-bond donors (Lipinski definition) is 2. The lowest BCUT2D eigenvalue weighted by Gasteiger charge is -2.30. The fourth-order valence-electron chi connectivity index (χ4n) is 2.99. The van der Waals surface area contributed by atoms with Crippen LogP contribution in [0.25, 0.3) is 0 Å². The number of nitrogen functional groups attached to an aromatic ring is 1. The maximum absolute atomic E-state index is 12.8. The van der Waals surface area contributed by atoms with Gasteiger partial charge in [-0.25, -0.2) is 0 Å². The third-order valence-electron chi connectivity index (χ3n) is 4.17. The Labute approximate surface area is 121 Å². The molecule has 1 aliphatic rings. The summed E-state index contributed by atoms with van der Waals surface area (Å²) < 4.78 is 0. The molecule has 1 unspecified atom stereocenters. The molecular weight excluding hydrogens is 250 g/mol. The lowest BCUT2D eigenvalue weighted by molar-refractivity contribution is 0.0679. The van der Waals surface area contributed by atoms with E-state index < -0.39 is 0 Å². The fourth-order valence-corrected chi connectivity index (χ4v) is 2.99. The van der Waals surface area contributed by atoms with Gasteiger partial charge in [0, 0.05) is 12.6 Å². The second kappa shape index (κ2) is 6.75. The van der Waals surface area contributed by atoms with Crippen LogP contribution in [0.2, 0.25) is 0 Å². The molecule has 0 bridgehead atoms. The van der Waals surface area contributed by atoms with E-state index in [1.54, 1.807) is 0 Å². The number of likely N-dealkylation sites (tertiary alicyclic amines) is 1. The number of nitrogens with two attached hydrogens (primary N) is 1. The van der Waals surface area contributed by atoms with Crippen molar-refractivity contribution in [1.29, 1.82) is 0 Å². The third-order valence-corrected chi connectivity index (χ3v) is 4.17. The van der Waals surface area contributed by atoms with Gasteiger partial charge >= 0.3 is 0 Å². The van der Waals surface area contributed by atoms with E-state index in [9.17, 15) is 4.79 Å². The summed E-state index contributed by atoms with van der Waals surface area (Å²) in [7, 11) is 0. The number of nitrogens with one attached hydrogen (secondary N) is 1. The number of anilines is 1. The van der Waals surface area contributed by atoms with Crippen LogP contribution in [0.1, 0.15) is 54.9 Å². The van der Waals surface area contributed by atoms with Crippen LogP contribution in [0.3, 0.4) is 0 Å². The molecule has 1 aliphatic heterocycles. The van der Waals surface area contributed by atoms with E-state index in [1.807, 2.05) is 30.0 Å². The molecule has 1 heterocycles. The van der Waals surface area contributed by atoms with Gasteiger partial charge in [0.25, 0.3) is 5.91 Å². The zero-order valence-corrected chi connectivity index (χ0v) is 12.5. The van der Waals surface area contributed by atoms with Gasteiger partial charge in [0.15, 0.2) is 0 Å². The number of hydrogen-bond acceptors (Lipinski definition) is 3. The average Bonchev–Trinajstić information content (AvgIpc) is 2.71. The first-order valence-electron chi connectivity index (χ1n) is 7.55. The quantitative estimate of drug-likeness (QED) is 0.658. The van der Waals surface area contributed by atoms with Crippen LogP contribution in [0.5, 0.6) is 0 Å². The maximum atomic E-state index is 12.8. The van der Waals surface area contributed by atoms with E-state index >= 15 is 0 Å². The summed E-state index contributed by atoms with van der Waals surface area (Å²) >= 11 is 0. The van der Waals surface area contributed by atoms with Crippen LogP contribution in [0.15, 0.2) is 18.2 Å². The second-order valence-electron chi connectivity index (χ2n) is 5.60. The molecule has 1 fully saturated rings. The summed E-state index contributed by atoms with van der Waals surface area (Å²) in [5.74, 6) is 5.67. The van der Waals surface area contributed by atoms with Crippen molar-refractivity contribution in [1.82, 2.24) is 4.90 Å². The normalized spacial score (nSPS) is 19.6. The van der Waals surface area contributed by atoms with E-state index in [-0.39, 0.29) is 5.91 Å². The Bertz CT molecular complexity index is 473. The molecule has 0 aromatic heterocycles. The first kappa shape index (κ1) is 14.9. The first-order valence-corrected chi connectivity index (χ1v) is 7.55. The van der Waals surface area contributed by atoms with Gasteiger partial charge in [0.1, 0.15) is 0 Å². The Kier molecular flexibility index (Phi) is 5.01. The number of carbonyl (C=O) groups excluding carboxylic acids is 1. The highest BCUT2D eigenvalue weighted by Gasteiger charge is 2.26. The van der Waals surface area contributed by atoms with Crippen molar-refractivity contribution in [3.8, 4) is 0 Å². The van der Waals surface area contributed by atoms with Crippen LogP contribution in [-0.4, -0.2) is 23.4 Å². The van der Waals surface area contributed by atoms with Gasteiger partial charge in [-0.3, -0.25) is 10.6 Å². The minimum Gasteiger partial charge on any atom is -0.336 e. The molecule has 4 nitrogen and oxygen atoms in total. The van der Waals surface area contributed by atoms with Gasteiger partial charge in [-0.2, -0.15) is 0 Å². The fraction of sp³-hybridized carbons (Fsp3) is 0.562. The average molecular weight is 275 g/mol. The molecule has 1 amide bonds. The first-order chi connectivity index (χ1) is 9.67. The lowest BCUT2D eigenvalue weighted by Crippen LogP contribution is -2.40. The minimum atomic E-state index is 0.103. The van der Waals surface area contributed by atoms with Crippen molar-refractivity contribution in [3.05, 3.63) is 29.3 Å². The highest BCUT2D eigenvalue weighted by atomic mass is 16.2. The van der Waals surface area contributed by atoms with Crippen LogP contribution in [0.4, 0.5) is 5.69 Å². The number of amides is 1.